The lowest BCUT2D eigenvalue weighted by molar-refractivity contribution is -0.0818. The second kappa shape index (κ2) is 5.87. The zero-order valence-corrected chi connectivity index (χ0v) is 11.0. The van der Waals surface area contributed by atoms with Gasteiger partial charge in [-0.1, -0.05) is 18.2 Å². The second-order valence-corrected chi connectivity index (χ2v) is 4.62. The van der Waals surface area contributed by atoms with E-state index in [1.165, 1.54) is 0 Å². The van der Waals surface area contributed by atoms with Gasteiger partial charge in [0.1, 0.15) is 6.07 Å². The second-order valence-electron chi connectivity index (χ2n) is 4.62. The van der Waals surface area contributed by atoms with E-state index < -0.39 is 0 Å². The Morgan fingerprint density at radius 3 is 3.05 bits per heavy atom. The summed E-state index contributed by atoms with van der Waals surface area (Å²) in [5.74, 6) is 0. The van der Waals surface area contributed by atoms with Crippen LogP contribution >= 0.6 is 0 Å². The number of fused-ring (bicyclic) bond motifs is 1. The van der Waals surface area contributed by atoms with Gasteiger partial charge >= 0.3 is 0 Å². The molecule has 1 unspecified atom stereocenters. The minimum atomic E-state index is 0.0159. The molecule has 102 valence electrons. The van der Waals surface area contributed by atoms with Gasteiger partial charge in [0.25, 0.3) is 0 Å². The molecule has 1 saturated heterocycles. The van der Waals surface area contributed by atoms with Crippen molar-refractivity contribution in [2.24, 2.45) is 0 Å². The Morgan fingerprint density at radius 2 is 2.25 bits per heavy atom. The van der Waals surface area contributed by atoms with Crippen molar-refractivity contribution in [3.05, 3.63) is 36.0 Å². The number of benzene rings is 1. The molecule has 1 aliphatic heterocycles. The molecule has 20 heavy (non-hydrogen) atoms. The van der Waals surface area contributed by atoms with Crippen molar-refractivity contribution in [3.63, 3.8) is 0 Å². The first-order valence-electron chi connectivity index (χ1n) is 6.59. The average molecular weight is 269 g/mol. The standard InChI is InChI=1S/C15H15N3O2/c16-7-11-8-17-14-4-2-1-3-13(14)15(11)18-9-12-10-19-5-6-20-12/h1-4,8,12H,5-6,9-10H2,(H,17,18). The predicted molar refractivity (Wildman–Crippen MR) is 75.5 cm³/mol. The topological polar surface area (TPSA) is 67.2 Å². The van der Waals surface area contributed by atoms with E-state index in [4.69, 9.17) is 9.47 Å². The van der Waals surface area contributed by atoms with E-state index in [1.807, 2.05) is 24.3 Å². The lowest BCUT2D eigenvalue weighted by Gasteiger charge is -2.24. The normalized spacial score (nSPS) is 18.6. The van der Waals surface area contributed by atoms with Crippen LogP contribution in [0.3, 0.4) is 0 Å². The van der Waals surface area contributed by atoms with Gasteiger partial charge in [-0.05, 0) is 6.07 Å². The van der Waals surface area contributed by atoms with Crippen LogP contribution in [-0.2, 0) is 9.47 Å². The molecule has 1 aliphatic rings. The van der Waals surface area contributed by atoms with E-state index in [9.17, 15) is 5.26 Å². The Kier molecular flexibility index (Phi) is 3.77. The van der Waals surface area contributed by atoms with Gasteiger partial charge in [-0.15, -0.1) is 0 Å². The highest BCUT2D eigenvalue weighted by Gasteiger charge is 2.15. The largest absolute Gasteiger partial charge is 0.381 e. The maximum atomic E-state index is 9.23. The minimum absolute atomic E-state index is 0.0159. The van der Waals surface area contributed by atoms with Crippen LogP contribution in [0.5, 0.6) is 0 Å². The Hall–Kier alpha value is -2.16. The first-order chi connectivity index (χ1) is 9.88. The summed E-state index contributed by atoms with van der Waals surface area (Å²) in [4.78, 5) is 4.29. The number of ether oxygens (including phenoxy) is 2. The summed E-state index contributed by atoms with van der Waals surface area (Å²) in [5, 5.41) is 13.5. The Labute approximate surface area is 117 Å². The van der Waals surface area contributed by atoms with Crippen molar-refractivity contribution in [1.82, 2.24) is 4.98 Å². The SMILES string of the molecule is N#Cc1cnc2ccccc2c1NCC1COCCO1. The van der Waals surface area contributed by atoms with Crippen molar-refractivity contribution < 1.29 is 9.47 Å². The molecule has 0 radical (unpaired) electrons. The van der Waals surface area contributed by atoms with Gasteiger partial charge in [0.2, 0.25) is 0 Å². The maximum absolute atomic E-state index is 9.23. The number of hydrogen-bond donors (Lipinski definition) is 1. The molecule has 2 heterocycles. The van der Waals surface area contributed by atoms with Gasteiger partial charge < -0.3 is 14.8 Å². The van der Waals surface area contributed by atoms with Crippen molar-refractivity contribution in [1.29, 1.82) is 5.26 Å². The number of nitriles is 1. The Bertz CT molecular complexity index is 645. The number of para-hydroxylation sites is 1. The minimum Gasteiger partial charge on any atom is -0.381 e. The maximum Gasteiger partial charge on any atom is 0.103 e. The van der Waals surface area contributed by atoms with Crippen LogP contribution in [0.4, 0.5) is 5.69 Å². The molecule has 0 spiro atoms. The van der Waals surface area contributed by atoms with Gasteiger partial charge in [0.05, 0.1) is 42.7 Å². The van der Waals surface area contributed by atoms with Crippen LogP contribution < -0.4 is 5.32 Å². The fraction of sp³-hybridized carbons (Fsp3) is 0.333. The highest BCUT2D eigenvalue weighted by Crippen LogP contribution is 2.25. The molecule has 5 nitrogen and oxygen atoms in total. The number of rotatable bonds is 3. The average Bonchev–Trinajstić information content (AvgIpc) is 2.53. The summed E-state index contributed by atoms with van der Waals surface area (Å²) in [7, 11) is 0. The summed E-state index contributed by atoms with van der Waals surface area (Å²) in [6.07, 6.45) is 1.62. The molecule has 0 amide bonds. The predicted octanol–water partition coefficient (Wildman–Crippen LogP) is 1.93. The number of nitrogens with zero attached hydrogens (tertiary/aromatic N) is 2. The van der Waals surface area contributed by atoms with E-state index in [1.54, 1.807) is 6.20 Å². The van der Waals surface area contributed by atoms with Crippen LogP contribution in [0.15, 0.2) is 30.5 Å². The first-order valence-corrected chi connectivity index (χ1v) is 6.59. The van der Waals surface area contributed by atoms with Gasteiger partial charge in [-0.2, -0.15) is 5.26 Å². The summed E-state index contributed by atoms with van der Waals surface area (Å²) in [6, 6.07) is 9.95. The van der Waals surface area contributed by atoms with Crippen LogP contribution in [-0.4, -0.2) is 37.5 Å². The van der Waals surface area contributed by atoms with Crippen LogP contribution in [0.2, 0.25) is 0 Å². The van der Waals surface area contributed by atoms with Gasteiger partial charge in [-0.3, -0.25) is 4.98 Å². The van der Waals surface area contributed by atoms with E-state index in [2.05, 4.69) is 16.4 Å². The third-order valence-electron chi connectivity index (χ3n) is 3.29. The van der Waals surface area contributed by atoms with E-state index in [0.29, 0.717) is 31.9 Å². The number of aromatic nitrogens is 1. The van der Waals surface area contributed by atoms with Crippen molar-refractivity contribution in [3.8, 4) is 6.07 Å². The number of hydrogen-bond acceptors (Lipinski definition) is 5. The van der Waals surface area contributed by atoms with E-state index >= 15 is 0 Å². The van der Waals surface area contributed by atoms with Crippen LogP contribution in [0, 0.1) is 11.3 Å². The van der Waals surface area contributed by atoms with E-state index in [-0.39, 0.29) is 6.10 Å². The van der Waals surface area contributed by atoms with E-state index in [0.717, 1.165) is 16.6 Å². The smallest absolute Gasteiger partial charge is 0.103 e. The fourth-order valence-corrected chi connectivity index (χ4v) is 2.29. The molecular formula is C15H15N3O2. The molecule has 1 fully saturated rings. The highest BCUT2D eigenvalue weighted by molar-refractivity contribution is 5.93. The zero-order chi connectivity index (χ0) is 13.8. The number of pyridine rings is 1. The van der Waals surface area contributed by atoms with Gasteiger partial charge in [-0.25, -0.2) is 0 Å². The lowest BCUT2D eigenvalue weighted by Crippen LogP contribution is -2.34. The van der Waals surface area contributed by atoms with Crippen molar-refractivity contribution >= 4 is 16.6 Å². The first kappa shape index (κ1) is 12.9. The highest BCUT2D eigenvalue weighted by atomic mass is 16.6. The molecule has 0 saturated carbocycles. The molecule has 1 atom stereocenters. The number of nitrogens with one attached hydrogen (secondary N) is 1. The van der Waals surface area contributed by atoms with Gasteiger partial charge in [0, 0.05) is 18.1 Å². The lowest BCUT2D eigenvalue weighted by atomic mass is 10.1. The molecule has 1 N–H and O–H groups in total. The van der Waals surface area contributed by atoms with Crippen LogP contribution in [0.1, 0.15) is 5.56 Å². The molecule has 5 heteroatoms. The van der Waals surface area contributed by atoms with Crippen molar-refractivity contribution in [2.45, 2.75) is 6.10 Å². The van der Waals surface area contributed by atoms with Gasteiger partial charge in [0.15, 0.2) is 0 Å². The fourth-order valence-electron chi connectivity index (χ4n) is 2.29. The molecule has 0 aliphatic carbocycles. The molecule has 1 aromatic heterocycles. The molecule has 1 aromatic carbocycles. The van der Waals surface area contributed by atoms with Crippen molar-refractivity contribution in [2.75, 3.05) is 31.7 Å². The summed E-state index contributed by atoms with van der Waals surface area (Å²) in [5.41, 5.74) is 2.22. The summed E-state index contributed by atoms with van der Waals surface area (Å²) in [6.45, 7) is 2.47. The summed E-state index contributed by atoms with van der Waals surface area (Å²) < 4.78 is 11.0. The monoisotopic (exact) mass is 269 g/mol. The Morgan fingerprint density at radius 1 is 1.35 bits per heavy atom. The third kappa shape index (κ3) is 2.57. The quantitative estimate of drug-likeness (QED) is 0.922. The number of anilines is 1. The summed E-state index contributed by atoms with van der Waals surface area (Å²) >= 11 is 0. The Balaban J connectivity index is 1.87. The van der Waals surface area contributed by atoms with Crippen LogP contribution in [0.25, 0.3) is 10.9 Å². The molecule has 2 aromatic rings. The molecule has 3 rings (SSSR count). The molecular weight excluding hydrogens is 254 g/mol. The third-order valence-corrected chi connectivity index (χ3v) is 3.29. The zero-order valence-electron chi connectivity index (χ0n) is 11.0. The molecule has 0 bridgehead atoms.